The second kappa shape index (κ2) is 5.72. The lowest BCUT2D eigenvalue weighted by atomic mass is 10.1. The molecular weight excluding hydrogens is 379 g/mol. The van der Waals surface area contributed by atoms with Crippen LogP contribution in [-0.2, 0) is 16.2 Å². The van der Waals surface area contributed by atoms with Gasteiger partial charge in [-0.15, -0.1) is 0 Å². The van der Waals surface area contributed by atoms with Gasteiger partial charge >= 0.3 is 11.9 Å². The first kappa shape index (κ1) is 17.7. The molecule has 0 saturated heterocycles. The van der Waals surface area contributed by atoms with Crippen LogP contribution >= 0.6 is 0 Å². The Hall–Kier alpha value is -3.09. The number of sulfonamides is 1. The van der Waals surface area contributed by atoms with E-state index in [0.29, 0.717) is 12.3 Å². The highest BCUT2D eigenvalue weighted by atomic mass is 32.2. The third-order valence-electron chi connectivity index (χ3n) is 3.36. The molecule has 138 valence electrons. The zero-order valence-electron chi connectivity index (χ0n) is 12.9. The molecule has 3 rings (SSSR count). The van der Waals surface area contributed by atoms with Crippen LogP contribution in [0.4, 0.5) is 13.2 Å². The number of benzene rings is 1. The molecule has 3 aromatic rings. The normalized spacial score (nSPS) is 12.5. The molecule has 0 unspecified atom stereocenters. The van der Waals surface area contributed by atoms with Gasteiger partial charge in [0.15, 0.2) is 0 Å². The van der Waals surface area contributed by atoms with E-state index in [1.165, 1.54) is 12.4 Å². The van der Waals surface area contributed by atoms with Crippen molar-refractivity contribution < 1.29 is 21.6 Å². The number of hydrogen-bond acceptors (Lipinski definition) is 5. The van der Waals surface area contributed by atoms with E-state index in [9.17, 15) is 31.2 Å². The Morgan fingerprint density at radius 3 is 2.46 bits per heavy atom. The molecule has 0 radical (unpaired) electrons. The van der Waals surface area contributed by atoms with Crippen LogP contribution in [0, 0.1) is 0 Å². The predicted molar refractivity (Wildman–Crippen MR) is 85.2 cm³/mol. The molecule has 0 fully saturated rings. The molecule has 0 aliphatic carbocycles. The number of nitrogens with zero attached hydrogens (tertiary/aromatic N) is 3. The number of alkyl halides is 3. The van der Waals surface area contributed by atoms with Crippen molar-refractivity contribution in [2.24, 2.45) is 0 Å². The molecular formula is C13H10F3N5O4S. The number of aromatic amines is 1. The smallest absolute Gasteiger partial charge is 0.306 e. The first-order chi connectivity index (χ1) is 12.0. The molecule has 0 aliphatic heterocycles. The van der Waals surface area contributed by atoms with Crippen molar-refractivity contribution in [2.45, 2.75) is 6.18 Å². The maximum absolute atomic E-state index is 13.4. The summed E-state index contributed by atoms with van der Waals surface area (Å²) in [4.78, 5) is 31.7. The molecule has 0 aliphatic rings. The van der Waals surface area contributed by atoms with Crippen molar-refractivity contribution in [3.05, 3.63) is 57.3 Å². The van der Waals surface area contributed by atoms with Gasteiger partial charge in [0.2, 0.25) is 10.0 Å². The second-order valence-corrected chi connectivity index (χ2v) is 7.04. The highest BCUT2D eigenvalue weighted by molar-refractivity contribution is 7.91. The molecule has 2 aromatic heterocycles. The van der Waals surface area contributed by atoms with Gasteiger partial charge in [-0.1, -0.05) is 0 Å². The van der Waals surface area contributed by atoms with E-state index in [1.54, 1.807) is 4.83 Å². The fraction of sp³-hybridized carbons (Fsp3) is 0.154. The van der Waals surface area contributed by atoms with E-state index >= 15 is 0 Å². The highest BCUT2D eigenvalue weighted by Crippen LogP contribution is 2.35. The topological polar surface area (TPSA) is 119 Å². The number of fused-ring (bicyclic) bond motifs is 1. The van der Waals surface area contributed by atoms with Crippen molar-refractivity contribution in [2.75, 3.05) is 11.1 Å². The fourth-order valence-electron chi connectivity index (χ4n) is 2.34. The average molecular weight is 389 g/mol. The molecule has 1 aromatic carbocycles. The molecule has 26 heavy (non-hydrogen) atoms. The van der Waals surface area contributed by atoms with Crippen molar-refractivity contribution in [1.82, 2.24) is 19.2 Å². The number of imidazole rings is 1. The molecule has 0 spiro atoms. The molecule has 2 heterocycles. The quantitative estimate of drug-likeness (QED) is 0.672. The minimum absolute atomic E-state index is 0.169. The fourth-order valence-corrected chi connectivity index (χ4v) is 2.84. The highest BCUT2D eigenvalue weighted by Gasteiger charge is 2.35. The third-order valence-corrected chi connectivity index (χ3v) is 3.87. The summed E-state index contributed by atoms with van der Waals surface area (Å²) in [5.41, 5.74) is -4.24. The standard InChI is InChI=1S/C13H10F3N5O4S/c1-26(24,25)19-21-11(22)7-4-10(20-3-2-17-6-20)8(13(14,15)16)5-9(7)18-12(21)23/h2-6,19H,1H3,(H,18,23). The maximum Gasteiger partial charge on any atom is 0.418 e. The van der Waals surface area contributed by atoms with E-state index < -0.39 is 38.7 Å². The van der Waals surface area contributed by atoms with Gasteiger partial charge in [0.25, 0.3) is 5.56 Å². The number of rotatable bonds is 3. The lowest BCUT2D eigenvalue weighted by Crippen LogP contribution is -2.43. The molecule has 0 amide bonds. The van der Waals surface area contributed by atoms with E-state index in [1.807, 2.05) is 0 Å². The third kappa shape index (κ3) is 3.20. The van der Waals surface area contributed by atoms with E-state index in [2.05, 4.69) is 9.97 Å². The molecule has 9 nitrogen and oxygen atoms in total. The lowest BCUT2D eigenvalue weighted by molar-refractivity contribution is -0.137. The minimum atomic E-state index is -4.77. The van der Waals surface area contributed by atoms with Crippen molar-refractivity contribution in [1.29, 1.82) is 0 Å². The summed E-state index contributed by atoms with van der Waals surface area (Å²) in [6, 6.07) is 1.51. The number of nitrogens with one attached hydrogen (secondary N) is 2. The summed E-state index contributed by atoms with van der Waals surface area (Å²) in [6.45, 7) is 0. The van der Waals surface area contributed by atoms with Crippen LogP contribution in [0.15, 0.2) is 40.4 Å². The Balaban J connectivity index is 2.40. The summed E-state index contributed by atoms with van der Waals surface area (Å²) in [5.74, 6) is 0. The summed E-state index contributed by atoms with van der Waals surface area (Å²) in [6.07, 6.45) is -0.456. The van der Waals surface area contributed by atoms with Crippen LogP contribution in [0.1, 0.15) is 5.56 Å². The first-order valence-electron chi connectivity index (χ1n) is 6.84. The summed E-state index contributed by atoms with van der Waals surface area (Å²) >= 11 is 0. The van der Waals surface area contributed by atoms with Gasteiger partial charge in [-0.25, -0.2) is 23.0 Å². The van der Waals surface area contributed by atoms with E-state index in [-0.39, 0.29) is 15.6 Å². The van der Waals surface area contributed by atoms with Crippen LogP contribution in [0.25, 0.3) is 16.6 Å². The maximum atomic E-state index is 13.4. The molecule has 0 saturated carbocycles. The van der Waals surface area contributed by atoms with Gasteiger partial charge in [0.05, 0.1) is 34.7 Å². The van der Waals surface area contributed by atoms with Crippen LogP contribution < -0.4 is 16.1 Å². The predicted octanol–water partition coefficient (Wildman–Crippen LogP) is 0.397. The van der Waals surface area contributed by atoms with Gasteiger partial charge in [-0.2, -0.15) is 17.8 Å². The first-order valence-corrected chi connectivity index (χ1v) is 8.73. The van der Waals surface area contributed by atoms with E-state index in [4.69, 9.17) is 0 Å². The SMILES string of the molecule is CS(=O)(=O)Nn1c(=O)[nH]c2cc(C(F)(F)F)c(-n3ccnc3)cc2c1=O. The number of H-pyrrole nitrogens is 1. The van der Waals surface area contributed by atoms with E-state index in [0.717, 1.165) is 17.0 Å². The van der Waals surface area contributed by atoms with Gasteiger partial charge in [-0.05, 0) is 12.1 Å². The van der Waals surface area contributed by atoms with Gasteiger partial charge in [0.1, 0.15) is 0 Å². The van der Waals surface area contributed by atoms with Crippen molar-refractivity contribution in [3.8, 4) is 5.69 Å². The van der Waals surface area contributed by atoms with Gasteiger partial charge < -0.3 is 9.55 Å². The van der Waals surface area contributed by atoms with Gasteiger partial charge in [0, 0.05) is 12.4 Å². The Morgan fingerprint density at radius 1 is 1.23 bits per heavy atom. The van der Waals surface area contributed by atoms with Crippen LogP contribution in [0.5, 0.6) is 0 Å². The van der Waals surface area contributed by atoms with Gasteiger partial charge in [-0.3, -0.25) is 4.79 Å². The second-order valence-electron chi connectivity index (χ2n) is 5.32. The number of hydrogen-bond donors (Lipinski definition) is 2. The Kier molecular flexibility index (Phi) is 3.90. The summed E-state index contributed by atoms with van der Waals surface area (Å²) in [5, 5.41) is -0.322. The van der Waals surface area contributed by atoms with Crippen molar-refractivity contribution >= 4 is 20.9 Å². The summed E-state index contributed by atoms with van der Waals surface area (Å²) < 4.78 is 63.9. The van der Waals surface area contributed by atoms with Crippen LogP contribution in [0.2, 0.25) is 0 Å². The Labute approximate surface area is 142 Å². The Bertz CT molecular complexity index is 1210. The van der Waals surface area contributed by atoms with Crippen LogP contribution in [-0.4, -0.2) is 33.9 Å². The number of halogens is 3. The zero-order chi connectivity index (χ0) is 19.3. The molecule has 2 N–H and O–H groups in total. The van der Waals surface area contributed by atoms with Crippen molar-refractivity contribution in [3.63, 3.8) is 0 Å². The average Bonchev–Trinajstić information content (AvgIpc) is 3.03. The van der Waals surface area contributed by atoms with Crippen LogP contribution in [0.3, 0.4) is 0 Å². The molecule has 0 bridgehead atoms. The monoisotopic (exact) mass is 389 g/mol. The minimum Gasteiger partial charge on any atom is -0.306 e. The summed E-state index contributed by atoms with van der Waals surface area (Å²) in [7, 11) is -3.98. The molecule has 13 heteroatoms. The Morgan fingerprint density at radius 2 is 1.92 bits per heavy atom. The lowest BCUT2D eigenvalue weighted by Gasteiger charge is -2.15. The zero-order valence-corrected chi connectivity index (χ0v) is 13.7. The largest absolute Gasteiger partial charge is 0.418 e. The number of aromatic nitrogens is 4. The molecule has 0 atom stereocenters.